The van der Waals surface area contributed by atoms with Crippen molar-refractivity contribution in [3.05, 3.63) is 28.8 Å². The number of aromatic hydroxyl groups is 1. The zero-order valence-corrected chi connectivity index (χ0v) is 12.4. The number of benzene rings is 1. The third-order valence-electron chi connectivity index (χ3n) is 2.91. The van der Waals surface area contributed by atoms with Gasteiger partial charge < -0.3 is 15.2 Å². The summed E-state index contributed by atoms with van der Waals surface area (Å²) in [5.41, 5.74) is 0.348. The van der Waals surface area contributed by atoms with E-state index in [1.165, 1.54) is 18.2 Å². The summed E-state index contributed by atoms with van der Waals surface area (Å²) < 4.78 is 5.36. The van der Waals surface area contributed by atoms with Crippen LogP contribution in [0.5, 0.6) is 5.75 Å². The number of carbonyl (C=O) groups excluding carboxylic acids is 1. The summed E-state index contributed by atoms with van der Waals surface area (Å²) in [6, 6.07) is 4.36. The topological polar surface area (TPSA) is 58.6 Å². The maximum atomic E-state index is 11.9. The molecule has 1 amide bonds. The zero-order valence-electron chi connectivity index (χ0n) is 11.7. The van der Waals surface area contributed by atoms with Crippen LogP contribution in [-0.4, -0.2) is 30.8 Å². The van der Waals surface area contributed by atoms with Crippen LogP contribution in [0.3, 0.4) is 0 Å². The number of halogens is 1. The van der Waals surface area contributed by atoms with Crippen molar-refractivity contribution < 1.29 is 14.6 Å². The molecule has 0 fully saturated rings. The van der Waals surface area contributed by atoms with Crippen LogP contribution in [0.4, 0.5) is 0 Å². The molecular formula is C14H20ClNO3. The number of hydrogen-bond donors (Lipinski definition) is 2. The quantitative estimate of drug-likeness (QED) is 0.894. The summed E-state index contributed by atoms with van der Waals surface area (Å²) in [7, 11) is 1.62. The van der Waals surface area contributed by atoms with Gasteiger partial charge in [0.1, 0.15) is 5.75 Å². The van der Waals surface area contributed by atoms with Crippen LogP contribution in [0.25, 0.3) is 0 Å². The number of phenolic OH excluding ortho intramolecular Hbond substituents is 1. The summed E-state index contributed by atoms with van der Waals surface area (Å²) >= 11 is 5.77. The monoisotopic (exact) mass is 285 g/mol. The Hall–Kier alpha value is -1.26. The van der Waals surface area contributed by atoms with Gasteiger partial charge in [0.25, 0.3) is 5.91 Å². The number of amides is 1. The van der Waals surface area contributed by atoms with E-state index >= 15 is 0 Å². The second-order valence-electron chi connectivity index (χ2n) is 5.47. The van der Waals surface area contributed by atoms with Crippen LogP contribution < -0.4 is 5.32 Å². The average Bonchev–Trinajstić information content (AvgIpc) is 2.31. The number of methoxy groups -OCH3 is 1. The zero-order chi connectivity index (χ0) is 14.6. The lowest BCUT2D eigenvalue weighted by atomic mass is 9.89. The second-order valence-corrected chi connectivity index (χ2v) is 5.87. The predicted octanol–water partition coefficient (Wildman–Crippen LogP) is 2.84. The number of hydrogen-bond acceptors (Lipinski definition) is 3. The van der Waals surface area contributed by atoms with Crippen LogP contribution in [-0.2, 0) is 4.74 Å². The third kappa shape index (κ3) is 4.40. The van der Waals surface area contributed by atoms with Crippen LogP contribution >= 0.6 is 11.6 Å². The second kappa shape index (κ2) is 6.26. The maximum Gasteiger partial charge on any atom is 0.251 e. The highest BCUT2D eigenvalue weighted by Gasteiger charge is 2.24. The van der Waals surface area contributed by atoms with E-state index in [0.29, 0.717) is 12.1 Å². The van der Waals surface area contributed by atoms with Gasteiger partial charge in [-0.1, -0.05) is 32.4 Å². The smallest absolute Gasteiger partial charge is 0.251 e. The Morgan fingerprint density at radius 3 is 2.58 bits per heavy atom. The average molecular weight is 286 g/mol. The van der Waals surface area contributed by atoms with Crippen molar-refractivity contribution in [2.75, 3.05) is 13.7 Å². The molecule has 0 saturated carbocycles. The first-order chi connectivity index (χ1) is 8.75. The molecule has 2 N–H and O–H groups in total. The first-order valence-corrected chi connectivity index (χ1v) is 6.43. The fourth-order valence-electron chi connectivity index (χ4n) is 1.68. The molecule has 0 unspecified atom stereocenters. The first kappa shape index (κ1) is 15.8. The van der Waals surface area contributed by atoms with Gasteiger partial charge in [-0.05, 0) is 23.6 Å². The SMILES string of the molecule is CO[C@H](CNC(=O)c1ccc(O)c(Cl)c1)C(C)(C)C. The molecule has 0 heterocycles. The van der Waals surface area contributed by atoms with Crippen LogP contribution in [0.15, 0.2) is 18.2 Å². The first-order valence-electron chi connectivity index (χ1n) is 6.05. The Kier molecular flexibility index (Phi) is 5.20. The molecule has 0 saturated heterocycles. The van der Waals surface area contributed by atoms with Crippen molar-refractivity contribution in [2.45, 2.75) is 26.9 Å². The molecule has 0 bridgehead atoms. The minimum absolute atomic E-state index is 0.0392. The maximum absolute atomic E-state index is 11.9. The largest absolute Gasteiger partial charge is 0.506 e. The van der Waals surface area contributed by atoms with Gasteiger partial charge in [-0.25, -0.2) is 0 Å². The van der Waals surface area contributed by atoms with E-state index < -0.39 is 0 Å². The minimum Gasteiger partial charge on any atom is -0.506 e. The molecule has 1 aromatic rings. The highest BCUT2D eigenvalue weighted by atomic mass is 35.5. The van der Waals surface area contributed by atoms with Crippen LogP contribution in [0.2, 0.25) is 5.02 Å². The van der Waals surface area contributed by atoms with Gasteiger partial charge in [0.05, 0.1) is 11.1 Å². The van der Waals surface area contributed by atoms with E-state index in [1.807, 2.05) is 20.8 Å². The molecule has 1 aromatic carbocycles. The molecule has 4 nitrogen and oxygen atoms in total. The normalized spacial score (nSPS) is 13.1. The molecule has 1 atom stereocenters. The Bertz CT molecular complexity index is 454. The van der Waals surface area contributed by atoms with Gasteiger partial charge in [-0.3, -0.25) is 4.79 Å². The van der Waals surface area contributed by atoms with Gasteiger partial charge in [-0.2, -0.15) is 0 Å². The summed E-state index contributed by atoms with van der Waals surface area (Å²) in [5, 5.41) is 12.3. The van der Waals surface area contributed by atoms with Crippen molar-refractivity contribution in [3.8, 4) is 5.75 Å². The van der Waals surface area contributed by atoms with Gasteiger partial charge in [0, 0.05) is 19.2 Å². The predicted molar refractivity (Wildman–Crippen MR) is 75.7 cm³/mol. The summed E-state index contributed by atoms with van der Waals surface area (Å²) in [4.78, 5) is 11.9. The van der Waals surface area contributed by atoms with E-state index in [1.54, 1.807) is 7.11 Å². The number of nitrogens with one attached hydrogen (secondary N) is 1. The van der Waals surface area contributed by atoms with Crippen LogP contribution in [0, 0.1) is 5.41 Å². The van der Waals surface area contributed by atoms with Crippen molar-refractivity contribution in [2.24, 2.45) is 5.41 Å². The third-order valence-corrected chi connectivity index (χ3v) is 3.21. The lowest BCUT2D eigenvalue weighted by Gasteiger charge is -2.29. The van der Waals surface area contributed by atoms with E-state index in [2.05, 4.69) is 5.32 Å². The molecule has 1 rings (SSSR count). The Morgan fingerprint density at radius 1 is 1.47 bits per heavy atom. The Morgan fingerprint density at radius 2 is 2.11 bits per heavy atom. The van der Waals surface area contributed by atoms with Crippen molar-refractivity contribution >= 4 is 17.5 Å². The molecule has 19 heavy (non-hydrogen) atoms. The summed E-state index contributed by atoms with van der Waals surface area (Å²) in [6.45, 7) is 6.55. The molecule has 0 aliphatic rings. The van der Waals surface area contributed by atoms with Gasteiger partial charge >= 0.3 is 0 Å². The minimum atomic E-state index is -0.242. The number of phenols is 1. The molecule has 5 heteroatoms. The van der Waals surface area contributed by atoms with Crippen molar-refractivity contribution in [1.29, 1.82) is 0 Å². The molecule has 0 aliphatic heterocycles. The molecule has 0 aromatic heterocycles. The van der Waals surface area contributed by atoms with Crippen molar-refractivity contribution in [3.63, 3.8) is 0 Å². The standard InChI is InChI=1S/C14H20ClNO3/c1-14(2,3)12(19-4)8-16-13(18)9-5-6-11(17)10(15)7-9/h5-7,12,17H,8H2,1-4H3,(H,16,18)/t12-/m1/s1. The van der Waals surface area contributed by atoms with Gasteiger partial charge in [0.2, 0.25) is 0 Å². The Balaban J connectivity index is 2.67. The summed E-state index contributed by atoms with van der Waals surface area (Å²) in [5.74, 6) is -0.282. The highest BCUT2D eigenvalue weighted by Crippen LogP contribution is 2.24. The number of ether oxygens (including phenoxy) is 1. The molecule has 0 radical (unpaired) electrons. The van der Waals surface area contributed by atoms with E-state index in [9.17, 15) is 9.90 Å². The Labute approximate surface area is 118 Å². The fourth-order valence-corrected chi connectivity index (χ4v) is 1.86. The number of rotatable bonds is 4. The van der Waals surface area contributed by atoms with E-state index in [-0.39, 0.29) is 28.2 Å². The number of carbonyl (C=O) groups is 1. The molecule has 0 spiro atoms. The molecule has 0 aliphatic carbocycles. The fraction of sp³-hybridized carbons (Fsp3) is 0.500. The lowest BCUT2D eigenvalue weighted by Crippen LogP contribution is -2.40. The van der Waals surface area contributed by atoms with E-state index in [0.717, 1.165) is 0 Å². The molecule has 106 valence electrons. The lowest BCUT2D eigenvalue weighted by molar-refractivity contribution is 0.0176. The van der Waals surface area contributed by atoms with Crippen LogP contribution in [0.1, 0.15) is 31.1 Å². The van der Waals surface area contributed by atoms with E-state index in [4.69, 9.17) is 16.3 Å². The van der Waals surface area contributed by atoms with Gasteiger partial charge in [-0.15, -0.1) is 0 Å². The molecular weight excluding hydrogens is 266 g/mol. The summed E-state index contributed by atoms with van der Waals surface area (Å²) in [6.07, 6.45) is -0.0796. The van der Waals surface area contributed by atoms with Gasteiger partial charge in [0.15, 0.2) is 0 Å². The highest BCUT2D eigenvalue weighted by molar-refractivity contribution is 6.32. The van der Waals surface area contributed by atoms with Crippen molar-refractivity contribution in [1.82, 2.24) is 5.32 Å².